The van der Waals surface area contributed by atoms with Crippen molar-refractivity contribution < 1.29 is 17.3 Å². The van der Waals surface area contributed by atoms with Crippen LogP contribution in [0.25, 0.3) is 0 Å². The monoisotopic (exact) mass is 256 g/mol. The normalized spacial score (nSPS) is 18.8. The Bertz CT molecular complexity index is 529. The van der Waals surface area contributed by atoms with E-state index in [4.69, 9.17) is 8.92 Å². The predicted octanol–water partition coefficient (Wildman–Crippen LogP) is 1.80. The van der Waals surface area contributed by atoms with E-state index in [1.54, 1.807) is 26.0 Å². The third-order valence-electron chi connectivity index (χ3n) is 2.95. The summed E-state index contributed by atoms with van der Waals surface area (Å²) in [6.45, 7) is 6.03. The van der Waals surface area contributed by atoms with Gasteiger partial charge in [-0.1, -0.05) is 12.1 Å². The summed E-state index contributed by atoms with van der Waals surface area (Å²) in [6.07, 6.45) is 0. The summed E-state index contributed by atoms with van der Waals surface area (Å²) in [6, 6.07) is 5.17. The summed E-state index contributed by atoms with van der Waals surface area (Å²) in [5, 5.41) is 0. The first-order chi connectivity index (χ1) is 7.84. The Labute approximate surface area is 102 Å². The van der Waals surface area contributed by atoms with Crippen LogP contribution in [0.2, 0.25) is 0 Å². The molecule has 2 rings (SSSR count). The fraction of sp³-hybridized carbons (Fsp3) is 0.500. The minimum absolute atomic E-state index is 0.241. The van der Waals surface area contributed by atoms with Crippen LogP contribution in [0, 0.1) is 13.8 Å². The minimum Gasteiger partial charge on any atom is -0.375 e. The van der Waals surface area contributed by atoms with Crippen molar-refractivity contribution in [2.45, 2.75) is 31.3 Å². The molecular weight excluding hydrogens is 240 g/mol. The van der Waals surface area contributed by atoms with E-state index >= 15 is 0 Å². The van der Waals surface area contributed by atoms with E-state index in [0.29, 0.717) is 13.2 Å². The lowest BCUT2D eigenvalue weighted by atomic mass is 10.1. The van der Waals surface area contributed by atoms with E-state index in [0.717, 1.165) is 11.1 Å². The lowest BCUT2D eigenvalue weighted by molar-refractivity contribution is -0.147. The molecular formula is C12H16O4S. The Morgan fingerprint density at radius 1 is 1.29 bits per heavy atom. The minimum atomic E-state index is -3.71. The second-order valence-electron chi connectivity index (χ2n) is 4.68. The van der Waals surface area contributed by atoms with Crippen LogP contribution in [0.3, 0.4) is 0 Å². The summed E-state index contributed by atoms with van der Waals surface area (Å²) in [5.41, 5.74) is 0.954. The molecule has 1 aromatic rings. The van der Waals surface area contributed by atoms with Crippen molar-refractivity contribution in [1.29, 1.82) is 0 Å². The van der Waals surface area contributed by atoms with Crippen LogP contribution in [0.1, 0.15) is 18.1 Å². The van der Waals surface area contributed by atoms with Crippen LogP contribution in [0.4, 0.5) is 0 Å². The van der Waals surface area contributed by atoms with Gasteiger partial charge in [0, 0.05) is 0 Å². The molecule has 1 saturated heterocycles. The maximum Gasteiger partial charge on any atom is 0.297 e. The van der Waals surface area contributed by atoms with Crippen LogP contribution in [0.5, 0.6) is 0 Å². The molecule has 0 bridgehead atoms. The fourth-order valence-corrected chi connectivity index (χ4v) is 3.24. The average Bonchev–Trinajstić information content (AvgIpc) is 2.19. The topological polar surface area (TPSA) is 52.6 Å². The highest BCUT2D eigenvalue weighted by Gasteiger charge is 2.40. The van der Waals surface area contributed by atoms with Gasteiger partial charge in [0.15, 0.2) is 0 Å². The third kappa shape index (κ3) is 2.36. The van der Waals surface area contributed by atoms with Gasteiger partial charge in [-0.05, 0) is 38.0 Å². The zero-order chi connectivity index (χ0) is 12.7. The molecule has 1 aliphatic heterocycles. The van der Waals surface area contributed by atoms with Gasteiger partial charge in [0.2, 0.25) is 0 Å². The van der Waals surface area contributed by atoms with Gasteiger partial charge in [0.1, 0.15) is 5.60 Å². The number of benzene rings is 1. The molecule has 0 spiro atoms. The van der Waals surface area contributed by atoms with Crippen molar-refractivity contribution in [3.63, 3.8) is 0 Å². The molecule has 0 aromatic heterocycles. The molecule has 5 heteroatoms. The number of aryl methyl sites for hydroxylation is 1. The van der Waals surface area contributed by atoms with E-state index in [1.165, 1.54) is 0 Å². The van der Waals surface area contributed by atoms with Crippen molar-refractivity contribution >= 4 is 10.1 Å². The Balaban J connectivity index is 2.35. The first-order valence-corrected chi connectivity index (χ1v) is 6.84. The lowest BCUT2D eigenvalue weighted by Gasteiger charge is -2.36. The molecule has 1 fully saturated rings. The molecule has 0 aliphatic carbocycles. The molecule has 0 unspecified atom stereocenters. The number of ether oxygens (including phenoxy) is 1. The summed E-state index contributed by atoms with van der Waals surface area (Å²) >= 11 is 0. The van der Waals surface area contributed by atoms with Crippen molar-refractivity contribution in [2.24, 2.45) is 0 Å². The molecule has 0 atom stereocenters. The van der Waals surface area contributed by atoms with Crippen molar-refractivity contribution in [3.05, 3.63) is 29.3 Å². The number of hydrogen-bond donors (Lipinski definition) is 0. The average molecular weight is 256 g/mol. The SMILES string of the molecule is Cc1cccc(S(=O)(=O)OC2(C)COC2)c1C. The number of rotatable bonds is 3. The lowest BCUT2D eigenvalue weighted by Crippen LogP contribution is -2.50. The second-order valence-corrected chi connectivity index (χ2v) is 6.19. The Kier molecular flexibility index (Phi) is 3.01. The van der Waals surface area contributed by atoms with E-state index in [1.807, 2.05) is 13.0 Å². The van der Waals surface area contributed by atoms with Crippen LogP contribution >= 0.6 is 0 Å². The maximum absolute atomic E-state index is 12.1. The molecule has 0 radical (unpaired) electrons. The number of hydrogen-bond acceptors (Lipinski definition) is 4. The fourth-order valence-electron chi connectivity index (χ4n) is 1.74. The van der Waals surface area contributed by atoms with Gasteiger partial charge in [0.05, 0.1) is 18.1 Å². The molecule has 0 N–H and O–H groups in total. The zero-order valence-electron chi connectivity index (χ0n) is 10.2. The van der Waals surface area contributed by atoms with Crippen molar-refractivity contribution in [3.8, 4) is 0 Å². The van der Waals surface area contributed by atoms with Crippen LogP contribution in [0.15, 0.2) is 23.1 Å². The van der Waals surface area contributed by atoms with Crippen molar-refractivity contribution in [1.82, 2.24) is 0 Å². The Morgan fingerprint density at radius 3 is 2.47 bits per heavy atom. The Hall–Kier alpha value is -0.910. The highest BCUT2D eigenvalue weighted by molar-refractivity contribution is 7.86. The molecule has 1 heterocycles. The highest BCUT2D eigenvalue weighted by Crippen LogP contribution is 2.28. The van der Waals surface area contributed by atoms with E-state index < -0.39 is 15.7 Å². The van der Waals surface area contributed by atoms with Crippen LogP contribution in [-0.4, -0.2) is 27.2 Å². The van der Waals surface area contributed by atoms with Crippen LogP contribution in [-0.2, 0) is 19.0 Å². The van der Waals surface area contributed by atoms with Gasteiger partial charge in [-0.25, -0.2) is 0 Å². The summed E-state index contributed by atoms with van der Waals surface area (Å²) in [4.78, 5) is 0.241. The smallest absolute Gasteiger partial charge is 0.297 e. The molecule has 94 valence electrons. The van der Waals surface area contributed by atoms with Gasteiger partial charge in [-0.2, -0.15) is 8.42 Å². The first-order valence-electron chi connectivity index (χ1n) is 5.44. The summed E-state index contributed by atoms with van der Waals surface area (Å²) < 4.78 is 34.5. The summed E-state index contributed by atoms with van der Waals surface area (Å²) in [5.74, 6) is 0. The van der Waals surface area contributed by atoms with Crippen LogP contribution < -0.4 is 0 Å². The van der Waals surface area contributed by atoms with Gasteiger partial charge < -0.3 is 4.74 Å². The van der Waals surface area contributed by atoms with E-state index in [-0.39, 0.29) is 4.90 Å². The van der Waals surface area contributed by atoms with Crippen molar-refractivity contribution in [2.75, 3.05) is 13.2 Å². The second kappa shape index (κ2) is 4.08. The van der Waals surface area contributed by atoms with E-state index in [9.17, 15) is 8.42 Å². The molecule has 1 aromatic carbocycles. The maximum atomic E-state index is 12.1. The largest absolute Gasteiger partial charge is 0.375 e. The first kappa shape index (κ1) is 12.5. The standard InChI is InChI=1S/C12H16O4S/c1-9-5-4-6-11(10(9)2)17(13,14)16-12(3)7-15-8-12/h4-6H,7-8H2,1-3H3. The van der Waals surface area contributed by atoms with Gasteiger partial charge >= 0.3 is 0 Å². The molecule has 4 nitrogen and oxygen atoms in total. The Morgan fingerprint density at radius 2 is 1.94 bits per heavy atom. The molecule has 1 aliphatic rings. The summed E-state index contributed by atoms with van der Waals surface area (Å²) in [7, 11) is -3.71. The van der Waals surface area contributed by atoms with E-state index in [2.05, 4.69) is 0 Å². The zero-order valence-corrected chi connectivity index (χ0v) is 11.0. The molecule has 0 amide bonds. The third-order valence-corrected chi connectivity index (χ3v) is 4.55. The molecule has 0 saturated carbocycles. The highest BCUT2D eigenvalue weighted by atomic mass is 32.2. The van der Waals surface area contributed by atoms with Gasteiger partial charge in [0.25, 0.3) is 10.1 Å². The van der Waals surface area contributed by atoms with Gasteiger partial charge in [-0.15, -0.1) is 0 Å². The molecule has 17 heavy (non-hydrogen) atoms. The predicted molar refractivity (Wildman–Crippen MR) is 63.4 cm³/mol. The van der Waals surface area contributed by atoms with Gasteiger partial charge in [-0.3, -0.25) is 4.18 Å². The quantitative estimate of drug-likeness (QED) is 0.774.